The summed E-state index contributed by atoms with van der Waals surface area (Å²) in [6.07, 6.45) is 0. The van der Waals surface area contributed by atoms with Gasteiger partial charge in [0.15, 0.2) is 11.5 Å². The van der Waals surface area contributed by atoms with E-state index in [1.807, 2.05) is 6.07 Å². The summed E-state index contributed by atoms with van der Waals surface area (Å²) in [5, 5.41) is 10.8. The highest BCUT2D eigenvalue weighted by molar-refractivity contribution is 5.55. The van der Waals surface area contributed by atoms with Gasteiger partial charge in [0.05, 0.1) is 7.11 Å². The van der Waals surface area contributed by atoms with E-state index in [1.54, 1.807) is 7.11 Å². The standard InChI is InChI=1S/C19H32O2/c1-12(2)18(5,6)14-10-11-15(21-9)17(20)16(14)19(7,8)13(3)4/h10-13,20H,1-9H3. The molecule has 2 nitrogen and oxygen atoms in total. The van der Waals surface area contributed by atoms with Crippen LogP contribution in [0.25, 0.3) is 0 Å². The Bertz CT molecular complexity index is 497. The van der Waals surface area contributed by atoms with Gasteiger partial charge in [-0.15, -0.1) is 0 Å². The third-order valence-electron chi connectivity index (χ3n) is 5.59. The summed E-state index contributed by atoms with van der Waals surface area (Å²) in [4.78, 5) is 0. The minimum absolute atomic E-state index is 0.00869. The van der Waals surface area contributed by atoms with E-state index >= 15 is 0 Å². The molecule has 0 fully saturated rings. The zero-order valence-corrected chi connectivity index (χ0v) is 15.2. The number of phenolic OH excluding ortho intramolecular Hbond substituents is 1. The molecular weight excluding hydrogens is 260 g/mol. The molecule has 0 saturated carbocycles. The number of benzene rings is 1. The molecule has 120 valence electrons. The number of hydrogen-bond acceptors (Lipinski definition) is 2. The highest BCUT2D eigenvalue weighted by atomic mass is 16.5. The van der Waals surface area contributed by atoms with Crippen LogP contribution < -0.4 is 4.74 Å². The second kappa shape index (κ2) is 5.90. The zero-order valence-electron chi connectivity index (χ0n) is 15.2. The third-order valence-corrected chi connectivity index (χ3v) is 5.59. The Morgan fingerprint density at radius 1 is 0.905 bits per heavy atom. The van der Waals surface area contributed by atoms with E-state index in [9.17, 15) is 5.11 Å². The Hall–Kier alpha value is -1.18. The number of aromatic hydroxyl groups is 1. The summed E-state index contributed by atoms with van der Waals surface area (Å²) >= 11 is 0. The van der Waals surface area contributed by atoms with Gasteiger partial charge in [0.25, 0.3) is 0 Å². The lowest BCUT2D eigenvalue weighted by Crippen LogP contribution is -2.33. The van der Waals surface area contributed by atoms with Gasteiger partial charge in [-0.2, -0.15) is 0 Å². The first-order valence-electron chi connectivity index (χ1n) is 7.88. The molecule has 21 heavy (non-hydrogen) atoms. The molecule has 0 aliphatic carbocycles. The van der Waals surface area contributed by atoms with Gasteiger partial charge in [0, 0.05) is 5.56 Å². The maximum absolute atomic E-state index is 10.8. The Labute approximate surface area is 130 Å². The quantitative estimate of drug-likeness (QED) is 0.801. The summed E-state index contributed by atoms with van der Waals surface area (Å²) in [6.45, 7) is 17.8. The predicted molar refractivity (Wildman–Crippen MR) is 90.4 cm³/mol. The van der Waals surface area contributed by atoms with E-state index in [4.69, 9.17) is 4.74 Å². The highest BCUT2D eigenvalue weighted by Gasteiger charge is 2.37. The molecule has 0 saturated heterocycles. The van der Waals surface area contributed by atoms with Gasteiger partial charge >= 0.3 is 0 Å². The average molecular weight is 292 g/mol. The number of hydrogen-bond donors (Lipinski definition) is 1. The Kier molecular flexibility index (Phi) is 5.02. The van der Waals surface area contributed by atoms with E-state index in [1.165, 1.54) is 5.56 Å². The van der Waals surface area contributed by atoms with Crippen molar-refractivity contribution in [2.24, 2.45) is 11.8 Å². The average Bonchev–Trinajstić information content (AvgIpc) is 2.37. The van der Waals surface area contributed by atoms with Crippen molar-refractivity contribution in [1.82, 2.24) is 0 Å². The van der Waals surface area contributed by atoms with Gasteiger partial charge in [-0.1, -0.05) is 61.5 Å². The Morgan fingerprint density at radius 2 is 1.38 bits per heavy atom. The molecule has 0 aliphatic heterocycles. The molecule has 0 amide bonds. The third kappa shape index (κ3) is 3.04. The van der Waals surface area contributed by atoms with Crippen LogP contribution in [-0.4, -0.2) is 12.2 Å². The largest absolute Gasteiger partial charge is 0.504 e. The van der Waals surface area contributed by atoms with Crippen LogP contribution >= 0.6 is 0 Å². The summed E-state index contributed by atoms with van der Waals surface area (Å²) in [7, 11) is 1.61. The van der Waals surface area contributed by atoms with Crippen molar-refractivity contribution in [3.05, 3.63) is 23.3 Å². The van der Waals surface area contributed by atoms with Crippen LogP contribution in [0.3, 0.4) is 0 Å². The van der Waals surface area contributed by atoms with Crippen LogP contribution in [0, 0.1) is 11.8 Å². The number of methoxy groups -OCH3 is 1. The molecule has 1 N–H and O–H groups in total. The summed E-state index contributed by atoms with van der Waals surface area (Å²) in [6, 6.07) is 4.01. The molecule has 0 spiro atoms. The lowest BCUT2D eigenvalue weighted by Gasteiger charge is -2.39. The molecule has 1 rings (SSSR count). The minimum Gasteiger partial charge on any atom is -0.504 e. The normalized spacial score (nSPS) is 13.1. The topological polar surface area (TPSA) is 29.5 Å². The van der Waals surface area contributed by atoms with Gasteiger partial charge < -0.3 is 9.84 Å². The minimum atomic E-state index is -0.125. The molecule has 0 heterocycles. The fraction of sp³-hybridized carbons (Fsp3) is 0.684. The lowest BCUT2D eigenvalue weighted by molar-refractivity contribution is 0.309. The Morgan fingerprint density at radius 3 is 1.76 bits per heavy atom. The Balaban J connectivity index is 3.72. The van der Waals surface area contributed by atoms with Crippen molar-refractivity contribution in [3.63, 3.8) is 0 Å². The molecule has 1 aromatic rings. The first kappa shape index (κ1) is 17.9. The number of phenols is 1. The van der Waals surface area contributed by atoms with Gasteiger partial charge in [0.2, 0.25) is 0 Å². The first-order chi connectivity index (χ1) is 9.47. The molecule has 0 aromatic heterocycles. The van der Waals surface area contributed by atoms with E-state index in [2.05, 4.69) is 61.5 Å². The fourth-order valence-electron chi connectivity index (χ4n) is 2.53. The molecule has 1 aromatic carbocycles. The van der Waals surface area contributed by atoms with Crippen molar-refractivity contribution >= 4 is 0 Å². The van der Waals surface area contributed by atoms with Crippen LogP contribution in [0.4, 0.5) is 0 Å². The summed E-state index contributed by atoms with van der Waals surface area (Å²) in [5.41, 5.74) is 2.11. The molecular formula is C19H32O2. The maximum Gasteiger partial charge on any atom is 0.161 e. The molecule has 2 heteroatoms. The summed E-state index contributed by atoms with van der Waals surface area (Å²) in [5.74, 6) is 1.74. The molecule has 0 atom stereocenters. The van der Waals surface area contributed by atoms with Crippen LogP contribution in [-0.2, 0) is 10.8 Å². The van der Waals surface area contributed by atoms with Crippen LogP contribution in [0.15, 0.2) is 12.1 Å². The van der Waals surface area contributed by atoms with Crippen molar-refractivity contribution in [1.29, 1.82) is 0 Å². The molecule has 0 aliphatic rings. The SMILES string of the molecule is COc1ccc(C(C)(C)C(C)C)c(C(C)(C)C(C)C)c1O. The smallest absolute Gasteiger partial charge is 0.161 e. The van der Waals surface area contributed by atoms with Crippen molar-refractivity contribution in [2.45, 2.75) is 66.2 Å². The van der Waals surface area contributed by atoms with E-state index in [0.717, 1.165) is 5.56 Å². The zero-order chi connectivity index (χ0) is 16.6. The van der Waals surface area contributed by atoms with Crippen LogP contribution in [0.2, 0.25) is 0 Å². The van der Waals surface area contributed by atoms with E-state index in [0.29, 0.717) is 23.3 Å². The first-order valence-corrected chi connectivity index (χ1v) is 7.88. The molecule has 0 radical (unpaired) electrons. The second-order valence-electron chi connectivity index (χ2n) is 7.79. The molecule has 0 unspecified atom stereocenters. The van der Waals surface area contributed by atoms with Gasteiger partial charge in [0.1, 0.15) is 0 Å². The monoisotopic (exact) mass is 292 g/mol. The predicted octanol–water partition coefficient (Wildman–Crippen LogP) is 5.27. The second-order valence-corrected chi connectivity index (χ2v) is 7.79. The number of ether oxygens (including phenoxy) is 1. The van der Waals surface area contributed by atoms with Crippen LogP contribution in [0.5, 0.6) is 11.5 Å². The van der Waals surface area contributed by atoms with Gasteiger partial charge in [-0.25, -0.2) is 0 Å². The highest BCUT2D eigenvalue weighted by Crippen LogP contribution is 2.48. The van der Waals surface area contributed by atoms with E-state index < -0.39 is 0 Å². The van der Waals surface area contributed by atoms with Crippen molar-refractivity contribution in [3.8, 4) is 11.5 Å². The number of rotatable bonds is 5. The summed E-state index contributed by atoms with van der Waals surface area (Å²) < 4.78 is 5.34. The van der Waals surface area contributed by atoms with Gasteiger partial charge in [-0.3, -0.25) is 0 Å². The fourth-order valence-corrected chi connectivity index (χ4v) is 2.53. The lowest BCUT2D eigenvalue weighted by atomic mass is 9.65. The van der Waals surface area contributed by atoms with Crippen molar-refractivity contribution < 1.29 is 9.84 Å². The molecule has 0 bridgehead atoms. The maximum atomic E-state index is 10.8. The van der Waals surface area contributed by atoms with Crippen LogP contribution in [0.1, 0.15) is 66.5 Å². The van der Waals surface area contributed by atoms with Crippen molar-refractivity contribution in [2.75, 3.05) is 7.11 Å². The van der Waals surface area contributed by atoms with Gasteiger partial charge in [-0.05, 0) is 34.3 Å². The van der Waals surface area contributed by atoms with E-state index in [-0.39, 0.29) is 10.8 Å².